The highest BCUT2D eigenvalue weighted by Gasteiger charge is 2.18. The van der Waals surface area contributed by atoms with Crippen LogP contribution in [0, 0.1) is 10.1 Å². The number of non-ortho nitro benzene ring substituents is 1. The minimum Gasteiger partial charge on any atom is -0.495 e. The van der Waals surface area contributed by atoms with Gasteiger partial charge >= 0.3 is 0 Å². The quantitative estimate of drug-likeness (QED) is 0.606. The number of methoxy groups -OCH3 is 1. The molecule has 0 spiro atoms. The molecule has 1 amide bonds. The number of ether oxygens (including phenoxy) is 2. The average Bonchev–Trinajstić information content (AvgIpc) is 3.11. The number of nitro benzene ring substituents is 1. The van der Waals surface area contributed by atoms with Crippen LogP contribution in [-0.4, -0.2) is 54.1 Å². The third-order valence-corrected chi connectivity index (χ3v) is 4.72. The molecule has 10 heteroatoms. The van der Waals surface area contributed by atoms with Crippen molar-refractivity contribution in [3.05, 3.63) is 44.4 Å². The van der Waals surface area contributed by atoms with Crippen LogP contribution in [0.15, 0.2) is 23.6 Å². The molecule has 2 aromatic rings. The van der Waals surface area contributed by atoms with Crippen LogP contribution >= 0.6 is 11.3 Å². The van der Waals surface area contributed by atoms with Crippen molar-refractivity contribution in [3.63, 3.8) is 0 Å². The second-order valence-corrected chi connectivity index (χ2v) is 6.55. The fourth-order valence-electron chi connectivity index (χ4n) is 2.53. The Hall–Kier alpha value is -2.56. The van der Waals surface area contributed by atoms with Crippen molar-refractivity contribution in [2.75, 3.05) is 38.7 Å². The number of benzene rings is 1. The number of nitro groups is 1. The maximum absolute atomic E-state index is 12.4. The van der Waals surface area contributed by atoms with Gasteiger partial charge in [0.25, 0.3) is 11.6 Å². The van der Waals surface area contributed by atoms with Crippen molar-refractivity contribution >= 4 is 28.6 Å². The predicted molar refractivity (Wildman–Crippen MR) is 95.8 cm³/mol. The summed E-state index contributed by atoms with van der Waals surface area (Å²) in [5.41, 5.74) is 0.369. The first-order valence-electron chi connectivity index (χ1n) is 7.95. The Morgan fingerprint density at radius 2 is 2.23 bits per heavy atom. The van der Waals surface area contributed by atoms with Gasteiger partial charge in [-0.15, -0.1) is 11.3 Å². The van der Waals surface area contributed by atoms with E-state index >= 15 is 0 Å². The molecule has 0 radical (unpaired) electrons. The summed E-state index contributed by atoms with van der Waals surface area (Å²) in [5, 5.41) is 16.1. The highest BCUT2D eigenvalue weighted by atomic mass is 32.1. The average molecular weight is 378 g/mol. The van der Waals surface area contributed by atoms with Crippen LogP contribution in [0.4, 0.5) is 11.4 Å². The minimum absolute atomic E-state index is 0.132. The first kappa shape index (κ1) is 18.2. The number of carbonyl (C=O) groups is 1. The zero-order valence-electron chi connectivity index (χ0n) is 14.1. The van der Waals surface area contributed by atoms with Gasteiger partial charge in [0.15, 0.2) is 0 Å². The standard InChI is InChI=1S/C16H18N4O5S/c1-24-14-3-2-11(20(22)23)8-12(14)18-16(21)13-10-26-15(17-13)9-19-4-6-25-7-5-19/h2-3,8,10H,4-7,9H2,1H3,(H,18,21). The molecule has 138 valence electrons. The zero-order chi connectivity index (χ0) is 18.5. The number of carbonyl (C=O) groups excluding carboxylic acids is 1. The van der Waals surface area contributed by atoms with E-state index in [4.69, 9.17) is 9.47 Å². The molecule has 1 aromatic carbocycles. The fourth-order valence-corrected chi connectivity index (χ4v) is 3.35. The van der Waals surface area contributed by atoms with E-state index in [0.717, 1.165) is 18.1 Å². The second-order valence-electron chi connectivity index (χ2n) is 5.61. The summed E-state index contributed by atoms with van der Waals surface area (Å²) in [7, 11) is 1.43. The lowest BCUT2D eigenvalue weighted by atomic mass is 10.2. The van der Waals surface area contributed by atoms with E-state index in [9.17, 15) is 14.9 Å². The molecule has 26 heavy (non-hydrogen) atoms. The monoisotopic (exact) mass is 378 g/mol. The lowest BCUT2D eigenvalue weighted by Gasteiger charge is -2.25. The molecule has 0 unspecified atom stereocenters. The highest BCUT2D eigenvalue weighted by Crippen LogP contribution is 2.29. The number of aromatic nitrogens is 1. The molecule has 0 aliphatic carbocycles. The van der Waals surface area contributed by atoms with E-state index in [1.54, 1.807) is 5.38 Å². The molecule has 1 aliphatic heterocycles. The Balaban J connectivity index is 1.70. The molecule has 1 aliphatic rings. The van der Waals surface area contributed by atoms with Crippen molar-refractivity contribution in [1.29, 1.82) is 0 Å². The van der Waals surface area contributed by atoms with Gasteiger partial charge in [-0.2, -0.15) is 0 Å². The number of anilines is 1. The zero-order valence-corrected chi connectivity index (χ0v) is 15.0. The predicted octanol–water partition coefficient (Wildman–Crippen LogP) is 2.14. The number of nitrogens with zero attached hydrogens (tertiary/aromatic N) is 3. The number of morpholine rings is 1. The first-order valence-corrected chi connectivity index (χ1v) is 8.83. The molecule has 1 N–H and O–H groups in total. The lowest BCUT2D eigenvalue weighted by Crippen LogP contribution is -2.35. The van der Waals surface area contributed by atoms with E-state index in [1.165, 1.54) is 36.6 Å². The Morgan fingerprint density at radius 1 is 1.46 bits per heavy atom. The van der Waals surface area contributed by atoms with Gasteiger partial charge in [0, 0.05) is 30.6 Å². The lowest BCUT2D eigenvalue weighted by molar-refractivity contribution is -0.384. The fraction of sp³-hybridized carbons (Fsp3) is 0.375. The number of nitrogens with one attached hydrogen (secondary N) is 1. The maximum Gasteiger partial charge on any atom is 0.275 e. The van der Waals surface area contributed by atoms with Gasteiger partial charge < -0.3 is 14.8 Å². The van der Waals surface area contributed by atoms with Crippen LogP contribution in [0.25, 0.3) is 0 Å². The van der Waals surface area contributed by atoms with E-state index in [-0.39, 0.29) is 17.1 Å². The van der Waals surface area contributed by atoms with Gasteiger partial charge in [-0.05, 0) is 6.07 Å². The second kappa shape index (κ2) is 8.21. The van der Waals surface area contributed by atoms with Crippen molar-refractivity contribution in [2.45, 2.75) is 6.54 Å². The summed E-state index contributed by atoms with van der Waals surface area (Å²) >= 11 is 1.41. The summed E-state index contributed by atoms with van der Waals surface area (Å²) in [5.74, 6) is -0.0963. The van der Waals surface area contributed by atoms with E-state index in [0.29, 0.717) is 25.5 Å². The molecule has 2 heterocycles. The smallest absolute Gasteiger partial charge is 0.275 e. The van der Waals surface area contributed by atoms with Gasteiger partial charge in [-0.25, -0.2) is 4.98 Å². The van der Waals surface area contributed by atoms with Crippen LogP contribution in [0.5, 0.6) is 5.75 Å². The number of amides is 1. The van der Waals surface area contributed by atoms with Crippen LogP contribution in [-0.2, 0) is 11.3 Å². The van der Waals surface area contributed by atoms with Crippen molar-refractivity contribution < 1.29 is 19.2 Å². The minimum atomic E-state index is -0.529. The third kappa shape index (κ3) is 4.34. The number of hydrogen-bond acceptors (Lipinski definition) is 8. The van der Waals surface area contributed by atoms with Gasteiger partial charge in [0.1, 0.15) is 16.5 Å². The number of rotatable bonds is 6. The molecule has 0 saturated carbocycles. The Kier molecular flexibility index (Phi) is 5.76. The third-order valence-electron chi connectivity index (χ3n) is 3.89. The largest absolute Gasteiger partial charge is 0.495 e. The molecule has 3 rings (SSSR count). The molecule has 1 saturated heterocycles. The van der Waals surface area contributed by atoms with Crippen molar-refractivity contribution in [1.82, 2.24) is 9.88 Å². The summed E-state index contributed by atoms with van der Waals surface area (Å²) in [6, 6.07) is 4.02. The van der Waals surface area contributed by atoms with Gasteiger partial charge in [0.2, 0.25) is 0 Å². The molecule has 1 aromatic heterocycles. The van der Waals surface area contributed by atoms with Crippen LogP contribution in [0.1, 0.15) is 15.5 Å². The van der Waals surface area contributed by atoms with E-state index in [1.807, 2.05) is 0 Å². The van der Waals surface area contributed by atoms with Crippen LogP contribution in [0.2, 0.25) is 0 Å². The van der Waals surface area contributed by atoms with Crippen LogP contribution < -0.4 is 10.1 Å². The van der Waals surface area contributed by atoms with Crippen molar-refractivity contribution in [2.24, 2.45) is 0 Å². The molecule has 0 atom stereocenters. The molecule has 9 nitrogen and oxygen atoms in total. The topological polar surface area (TPSA) is 107 Å². The molecular weight excluding hydrogens is 360 g/mol. The highest BCUT2D eigenvalue weighted by molar-refractivity contribution is 7.09. The van der Waals surface area contributed by atoms with E-state index in [2.05, 4.69) is 15.2 Å². The number of thiazole rings is 1. The first-order chi connectivity index (χ1) is 12.6. The van der Waals surface area contributed by atoms with E-state index < -0.39 is 10.8 Å². The Labute approximate surface area is 153 Å². The van der Waals surface area contributed by atoms with Crippen LogP contribution in [0.3, 0.4) is 0 Å². The van der Waals surface area contributed by atoms with Gasteiger partial charge in [0.05, 0.1) is 37.5 Å². The maximum atomic E-state index is 12.4. The molecule has 1 fully saturated rings. The normalized spacial score (nSPS) is 14.8. The molecule has 0 bridgehead atoms. The van der Waals surface area contributed by atoms with Gasteiger partial charge in [-0.3, -0.25) is 19.8 Å². The number of hydrogen-bond donors (Lipinski definition) is 1. The summed E-state index contributed by atoms with van der Waals surface area (Å²) in [6.45, 7) is 3.75. The summed E-state index contributed by atoms with van der Waals surface area (Å²) in [4.78, 5) is 29.4. The summed E-state index contributed by atoms with van der Waals surface area (Å²) in [6.07, 6.45) is 0. The van der Waals surface area contributed by atoms with Crippen molar-refractivity contribution in [3.8, 4) is 5.75 Å². The SMILES string of the molecule is COc1ccc([N+](=O)[O-])cc1NC(=O)c1csc(CN2CCOCC2)n1. The van der Waals surface area contributed by atoms with Gasteiger partial charge in [-0.1, -0.05) is 0 Å². The molecular formula is C16H18N4O5S. The summed E-state index contributed by atoms with van der Waals surface area (Å²) < 4.78 is 10.5. The Bertz CT molecular complexity index is 804. The Morgan fingerprint density at radius 3 is 2.92 bits per heavy atom.